The van der Waals surface area contributed by atoms with Crippen LogP contribution in [0.4, 0.5) is 11.9 Å². The molecule has 0 aliphatic carbocycles. The zero-order valence-electron chi connectivity index (χ0n) is 10.7. The van der Waals surface area contributed by atoms with Gasteiger partial charge in [-0.2, -0.15) is 15.0 Å². The molecule has 0 aromatic carbocycles. The number of hydrogen-bond donors (Lipinski definition) is 2. The van der Waals surface area contributed by atoms with Crippen molar-refractivity contribution in [3.63, 3.8) is 0 Å². The fraction of sp³-hybridized carbons (Fsp3) is 0.727. The van der Waals surface area contributed by atoms with Crippen molar-refractivity contribution in [2.75, 3.05) is 30.3 Å². The molecule has 0 radical (unpaired) electrons. The third kappa shape index (κ3) is 2.98. The summed E-state index contributed by atoms with van der Waals surface area (Å²) in [5.41, 5.74) is 5.65. The predicted octanol–water partition coefficient (Wildman–Crippen LogP) is 0.0596. The standard InChI is InChI=1S/C11H19N5O2/c1-7(2)18-11-14-9(12)13-10(15-11)16-4-3-8(5-16)6-17/h7-8,17H,3-6H2,1-2H3,(H2,12,13,14,15). The molecule has 1 aliphatic rings. The molecule has 100 valence electrons. The highest BCUT2D eigenvalue weighted by Gasteiger charge is 2.24. The molecule has 7 nitrogen and oxygen atoms in total. The van der Waals surface area contributed by atoms with E-state index in [4.69, 9.17) is 15.6 Å². The van der Waals surface area contributed by atoms with E-state index in [0.29, 0.717) is 5.95 Å². The Hall–Kier alpha value is -1.63. The minimum Gasteiger partial charge on any atom is -0.461 e. The molecular weight excluding hydrogens is 234 g/mol. The Balaban J connectivity index is 2.15. The molecule has 1 atom stereocenters. The predicted molar refractivity (Wildman–Crippen MR) is 67.4 cm³/mol. The number of aliphatic hydroxyl groups excluding tert-OH is 1. The van der Waals surface area contributed by atoms with Gasteiger partial charge >= 0.3 is 6.01 Å². The summed E-state index contributed by atoms with van der Waals surface area (Å²) in [5.74, 6) is 0.953. The lowest BCUT2D eigenvalue weighted by Gasteiger charge is -2.17. The monoisotopic (exact) mass is 253 g/mol. The largest absolute Gasteiger partial charge is 0.461 e. The molecule has 1 fully saturated rings. The molecule has 7 heteroatoms. The first-order chi connectivity index (χ1) is 8.58. The smallest absolute Gasteiger partial charge is 0.323 e. The number of aromatic nitrogens is 3. The molecule has 1 unspecified atom stereocenters. The third-order valence-electron chi connectivity index (χ3n) is 2.79. The van der Waals surface area contributed by atoms with Gasteiger partial charge in [0, 0.05) is 25.6 Å². The first kappa shape index (κ1) is 12.8. The minimum atomic E-state index is -0.0107. The van der Waals surface area contributed by atoms with E-state index in [1.165, 1.54) is 0 Å². The summed E-state index contributed by atoms with van der Waals surface area (Å²) in [6.45, 7) is 5.54. The van der Waals surface area contributed by atoms with Crippen LogP contribution in [0.3, 0.4) is 0 Å². The maximum absolute atomic E-state index is 9.13. The normalized spacial score (nSPS) is 19.6. The van der Waals surface area contributed by atoms with Crippen LogP contribution in [-0.4, -0.2) is 45.9 Å². The number of nitrogens with zero attached hydrogens (tertiary/aromatic N) is 4. The van der Waals surface area contributed by atoms with E-state index in [1.807, 2.05) is 18.7 Å². The Morgan fingerprint density at radius 1 is 1.44 bits per heavy atom. The maximum atomic E-state index is 9.13. The Morgan fingerprint density at radius 2 is 2.22 bits per heavy atom. The molecule has 0 amide bonds. The SMILES string of the molecule is CC(C)Oc1nc(N)nc(N2CCC(CO)C2)n1. The van der Waals surface area contributed by atoms with Gasteiger partial charge in [-0.25, -0.2) is 0 Å². The van der Waals surface area contributed by atoms with Crippen molar-refractivity contribution >= 4 is 11.9 Å². The van der Waals surface area contributed by atoms with Gasteiger partial charge in [0.05, 0.1) is 6.10 Å². The lowest BCUT2D eigenvalue weighted by molar-refractivity contribution is 0.222. The molecule has 1 saturated heterocycles. The van der Waals surface area contributed by atoms with Gasteiger partial charge in [-0.15, -0.1) is 0 Å². The van der Waals surface area contributed by atoms with Gasteiger partial charge in [0.1, 0.15) is 0 Å². The molecule has 0 saturated carbocycles. The van der Waals surface area contributed by atoms with Crippen LogP contribution in [0.2, 0.25) is 0 Å². The quantitative estimate of drug-likeness (QED) is 0.783. The van der Waals surface area contributed by atoms with Crippen LogP contribution in [0.25, 0.3) is 0 Å². The topological polar surface area (TPSA) is 97.4 Å². The Labute approximate surface area is 106 Å². The summed E-state index contributed by atoms with van der Waals surface area (Å²) in [7, 11) is 0. The molecule has 3 N–H and O–H groups in total. The lowest BCUT2D eigenvalue weighted by Crippen LogP contribution is -2.24. The average Bonchev–Trinajstić information content (AvgIpc) is 2.75. The molecule has 1 aromatic heterocycles. The first-order valence-electron chi connectivity index (χ1n) is 6.12. The lowest BCUT2D eigenvalue weighted by atomic mass is 10.1. The fourth-order valence-electron chi connectivity index (χ4n) is 1.93. The molecule has 0 spiro atoms. The van der Waals surface area contributed by atoms with Crippen molar-refractivity contribution < 1.29 is 9.84 Å². The van der Waals surface area contributed by atoms with E-state index in [0.717, 1.165) is 19.5 Å². The molecule has 0 bridgehead atoms. The van der Waals surface area contributed by atoms with Crippen molar-refractivity contribution in [3.05, 3.63) is 0 Å². The summed E-state index contributed by atoms with van der Waals surface area (Å²) in [5, 5.41) is 9.13. The van der Waals surface area contributed by atoms with Crippen LogP contribution in [-0.2, 0) is 0 Å². The van der Waals surface area contributed by atoms with Crippen molar-refractivity contribution in [2.45, 2.75) is 26.4 Å². The van der Waals surface area contributed by atoms with Gasteiger partial charge in [-0.1, -0.05) is 0 Å². The second-order valence-corrected chi connectivity index (χ2v) is 4.73. The van der Waals surface area contributed by atoms with E-state index >= 15 is 0 Å². The van der Waals surface area contributed by atoms with Gasteiger partial charge in [0.25, 0.3) is 0 Å². The van der Waals surface area contributed by atoms with Crippen molar-refractivity contribution in [3.8, 4) is 6.01 Å². The maximum Gasteiger partial charge on any atom is 0.323 e. The van der Waals surface area contributed by atoms with Crippen LogP contribution in [0.15, 0.2) is 0 Å². The van der Waals surface area contributed by atoms with Crippen LogP contribution in [0.5, 0.6) is 6.01 Å². The molecule has 2 rings (SSSR count). The zero-order valence-corrected chi connectivity index (χ0v) is 10.7. The molecule has 2 heterocycles. The molecule has 18 heavy (non-hydrogen) atoms. The number of nitrogen functional groups attached to an aromatic ring is 1. The number of nitrogens with two attached hydrogens (primary N) is 1. The van der Waals surface area contributed by atoms with Gasteiger partial charge in [0.15, 0.2) is 0 Å². The summed E-state index contributed by atoms with van der Waals surface area (Å²) in [4.78, 5) is 14.3. The minimum absolute atomic E-state index is 0.0107. The average molecular weight is 253 g/mol. The summed E-state index contributed by atoms with van der Waals surface area (Å²) in [6.07, 6.45) is 0.922. The molecular formula is C11H19N5O2. The van der Waals surface area contributed by atoms with Crippen LogP contribution in [0.1, 0.15) is 20.3 Å². The summed E-state index contributed by atoms with van der Waals surface area (Å²) in [6, 6.07) is 0.250. The number of ether oxygens (including phenoxy) is 1. The van der Waals surface area contributed by atoms with E-state index in [-0.39, 0.29) is 30.6 Å². The summed E-state index contributed by atoms with van der Waals surface area (Å²) >= 11 is 0. The Morgan fingerprint density at radius 3 is 2.83 bits per heavy atom. The van der Waals surface area contributed by atoms with Crippen LogP contribution < -0.4 is 15.4 Å². The highest BCUT2D eigenvalue weighted by Crippen LogP contribution is 2.22. The van der Waals surface area contributed by atoms with Crippen molar-refractivity contribution in [1.29, 1.82) is 0 Å². The number of aliphatic hydroxyl groups is 1. The first-order valence-corrected chi connectivity index (χ1v) is 6.12. The van der Waals surface area contributed by atoms with Crippen molar-refractivity contribution in [1.82, 2.24) is 15.0 Å². The Bertz CT molecular complexity index is 412. The number of hydrogen-bond acceptors (Lipinski definition) is 7. The van der Waals surface area contributed by atoms with Crippen molar-refractivity contribution in [2.24, 2.45) is 5.92 Å². The molecule has 1 aliphatic heterocycles. The molecule has 1 aromatic rings. The number of anilines is 2. The van der Waals surface area contributed by atoms with Gasteiger partial charge in [0.2, 0.25) is 11.9 Å². The van der Waals surface area contributed by atoms with E-state index in [2.05, 4.69) is 15.0 Å². The van der Waals surface area contributed by atoms with Gasteiger partial charge in [-0.05, 0) is 20.3 Å². The highest BCUT2D eigenvalue weighted by atomic mass is 16.5. The van der Waals surface area contributed by atoms with Gasteiger partial charge < -0.3 is 20.5 Å². The second-order valence-electron chi connectivity index (χ2n) is 4.73. The van der Waals surface area contributed by atoms with E-state index in [1.54, 1.807) is 0 Å². The second kappa shape index (κ2) is 5.34. The Kier molecular flexibility index (Phi) is 3.81. The number of rotatable bonds is 4. The van der Waals surface area contributed by atoms with Crippen LogP contribution in [0, 0.1) is 5.92 Å². The highest BCUT2D eigenvalue weighted by molar-refractivity contribution is 5.37. The van der Waals surface area contributed by atoms with E-state index in [9.17, 15) is 0 Å². The fourth-order valence-corrected chi connectivity index (χ4v) is 1.93. The third-order valence-corrected chi connectivity index (χ3v) is 2.79. The van der Waals surface area contributed by atoms with E-state index < -0.39 is 0 Å². The van der Waals surface area contributed by atoms with Crippen LogP contribution >= 0.6 is 0 Å². The summed E-state index contributed by atoms with van der Waals surface area (Å²) < 4.78 is 5.43. The van der Waals surface area contributed by atoms with Gasteiger partial charge in [-0.3, -0.25) is 0 Å². The zero-order chi connectivity index (χ0) is 13.1.